The molecule has 8 nitrogen and oxygen atoms in total. The van der Waals surface area contributed by atoms with Crippen LogP contribution in [0.2, 0.25) is 0 Å². The summed E-state index contributed by atoms with van der Waals surface area (Å²) in [5, 5.41) is 8.26. The molecular weight excluding hydrogens is 407 g/mol. The number of aromatic amines is 2. The molecular formula is C23H15FN8. The SMILES string of the molecule is Nc1cncc(-c2cc3c(-c4nc5c(-c6ccccc6F)nccc5[nH]4)n[nH]c3cn2)c1. The fourth-order valence-electron chi connectivity index (χ4n) is 3.75. The molecule has 0 atom stereocenters. The Morgan fingerprint density at radius 3 is 2.69 bits per heavy atom. The maximum absolute atomic E-state index is 14.4. The lowest BCUT2D eigenvalue weighted by Gasteiger charge is -2.02. The minimum atomic E-state index is -0.353. The molecule has 0 fully saturated rings. The number of rotatable bonds is 3. The van der Waals surface area contributed by atoms with Gasteiger partial charge >= 0.3 is 0 Å². The second-order valence-electron chi connectivity index (χ2n) is 7.32. The van der Waals surface area contributed by atoms with E-state index in [1.807, 2.05) is 12.1 Å². The van der Waals surface area contributed by atoms with Crippen molar-refractivity contribution < 1.29 is 4.39 Å². The molecule has 9 heteroatoms. The van der Waals surface area contributed by atoms with Gasteiger partial charge in [-0.2, -0.15) is 5.10 Å². The number of aromatic nitrogens is 7. The monoisotopic (exact) mass is 422 g/mol. The molecule has 0 saturated carbocycles. The van der Waals surface area contributed by atoms with Crippen molar-refractivity contribution in [3.63, 3.8) is 0 Å². The van der Waals surface area contributed by atoms with Crippen LogP contribution in [-0.2, 0) is 0 Å². The highest BCUT2D eigenvalue weighted by Crippen LogP contribution is 2.32. The van der Waals surface area contributed by atoms with E-state index >= 15 is 0 Å². The number of nitrogens with two attached hydrogens (primary N) is 1. The highest BCUT2D eigenvalue weighted by atomic mass is 19.1. The van der Waals surface area contributed by atoms with Gasteiger partial charge in [-0.15, -0.1) is 0 Å². The van der Waals surface area contributed by atoms with Crippen LogP contribution >= 0.6 is 0 Å². The average Bonchev–Trinajstić information content (AvgIpc) is 3.43. The van der Waals surface area contributed by atoms with Crippen molar-refractivity contribution in [1.29, 1.82) is 0 Å². The van der Waals surface area contributed by atoms with Crippen LogP contribution < -0.4 is 5.73 Å². The second kappa shape index (κ2) is 6.95. The smallest absolute Gasteiger partial charge is 0.159 e. The Morgan fingerprint density at radius 2 is 1.81 bits per heavy atom. The van der Waals surface area contributed by atoms with Gasteiger partial charge in [-0.25, -0.2) is 9.37 Å². The summed E-state index contributed by atoms with van der Waals surface area (Å²) in [7, 11) is 0. The Bertz CT molecular complexity index is 1620. The van der Waals surface area contributed by atoms with Gasteiger partial charge in [-0.1, -0.05) is 12.1 Å². The summed E-state index contributed by atoms with van der Waals surface area (Å²) >= 11 is 0. The first kappa shape index (κ1) is 18.1. The van der Waals surface area contributed by atoms with Crippen LogP contribution in [0.5, 0.6) is 0 Å². The predicted molar refractivity (Wildman–Crippen MR) is 120 cm³/mol. The summed E-state index contributed by atoms with van der Waals surface area (Å²) in [6.45, 7) is 0. The fraction of sp³-hybridized carbons (Fsp3) is 0. The van der Waals surface area contributed by atoms with Gasteiger partial charge in [0.05, 0.1) is 28.6 Å². The normalized spacial score (nSPS) is 11.4. The number of fused-ring (bicyclic) bond motifs is 2. The number of imidazole rings is 1. The molecule has 0 saturated heterocycles. The molecule has 0 amide bonds. The quantitative estimate of drug-likeness (QED) is 0.390. The average molecular weight is 422 g/mol. The summed E-state index contributed by atoms with van der Waals surface area (Å²) in [4.78, 5) is 21.0. The second-order valence-corrected chi connectivity index (χ2v) is 7.32. The fourth-order valence-corrected chi connectivity index (χ4v) is 3.75. The number of H-pyrrole nitrogens is 2. The third-order valence-electron chi connectivity index (χ3n) is 5.26. The number of hydrogen-bond acceptors (Lipinski definition) is 6. The Kier molecular flexibility index (Phi) is 3.94. The largest absolute Gasteiger partial charge is 0.397 e. The molecule has 0 unspecified atom stereocenters. The maximum atomic E-state index is 14.4. The van der Waals surface area contributed by atoms with Gasteiger partial charge < -0.3 is 10.7 Å². The van der Waals surface area contributed by atoms with Crippen molar-refractivity contribution >= 4 is 27.6 Å². The Morgan fingerprint density at radius 1 is 0.906 bits per heavy atom. The number of anilines is 1. The molecule has 154 valence electrons. The van der Waals surface area contributed by atoms with Crippen LogP contribution in [0.1, 0.15) is 0 Å². The third kappa shape index (κ3) is 2.87. The van der Waals surface area contributed by atoms with E-state index in [1.54, 1.807) is 49.1 Å². The van der Waals surface area contributed by atoms with Crippen LogP contribution in [-0.4, -0.2) is 35.1 Å². The highest BCUT2D eigenvalue weighted by Gasteiger charge is 2.18. The van der Waals surface area contributed by atoms with Crippen LogP contribution in [0.15, 0.2) is 67.3 Å². The third-order valence-corrected chi connectivity index (χ3v) is 5.26. The zero-order chi connectivity index (χ0) is 21.7. The van der Waals surface area contributed by atoms with Crippen molar-refractivity contribution in [2.45, 2.75) is 0 Å². The lowest BCUT2D eigenvalue weighted by Crippen LogP contribution is -1.90. The topological polar surface area (TPSA) is 122 Å². The van der Waals surface area contributed by atoms with Gasteiger partial charge in [0.25, 0.3) is 0 Å². The molecule has 32 heavy (non-hydrogen) atoms. The summed E-state index contributed by atoms with van der Waals surface area (Å²) in [6.07, 6.45) is 6.63. The molecule has 0 bridgehead atoms. The number of benzene rings is 1. The Hall–Kier alpha value is -4.66. The summed E-state index contributed by atoms with van der Waals surface area (Å²) in [5.74, 6) is 0.188. The van der Waals surface area contributed by atoms with Gasteiger partial charge in [-0.3, -0.25) is 20.1 Å². The summed E-state index contributed by atoms with van der Waals surface area (Å²) in [6, 6.07) is 12.0. The molecule has 0 radical (unpaired) electrons. The van der Waals surface area contributed by atoms with Crippen LogP contribution in [0.3, 0.4) is 0 Å². The molecule has 6 aromatic rings. The number of pyridine rings is 3. The van der Waals surface area contributed by atoms with Crippen molar-refractivity contribution in [2.24, 2.45) is 0 Å². The Labute approximate surface area is 180 Å². The molecule has 1 aromatic carbocycles. The maximum Gasteiger partial charge on any atom is 0.159 e. The van der Waals surface area contributed by atoms with Gasteiger partial charge in [0, 0.05) is 35.1 Å². The molecule has 0 aliphatic heterocycles. The van der Waals surface area contributed by atoms with Crippen molar-refractivity contribution in [2.75, 3.05) is 5.73 Å². The van der Waals surface area contributed by atoms with Crippen molar-refractivity contribution in [3.8, 4) is 34.0 Å². The first-order valence-corrected chi connectivity index (χ1v) is 9.82. The van der Waals surface area contributed by atoms with Crippen LogP contribution in [0.4, 0.5) is 10.1 Å². The van der Waals surface area contributed by atoms with E-state index < -0.39 is 0 Å². The molecule has 5 aromatic heterocycles. The number of nitrogen functional groups attached to an aromatic ring is 1. The first-order chi connectivity index (χ1) is 15.7. The van der Waals surface area contributed by atoms with Crippen LogP contribution in [0, 0.1) is 5.82 Å². The van der Waals surface area contributed by atoms with Crippen molar-refractivity contribution in [3.05, 3.63) is 73.1 Å². The minimum Gasteiger partial charge on any atom is -0.397 e. The van der Waals surface area contributed by atoms with E-state index in [9.17, 15) is 4.39 Å². The standard InChI is InChI=1S/C23H15FN8/c24-16-4-2-1-3-14(16)20-22-17(5-6-27-20)29-23(30-22)21-15-8-18(28-11-19(15)31-32-21)12-7-13(25)10-26-9-12/h1-11H,25H2,(H,29,30)(H,31,32). The zero-order valence-corrected chi connectivity index (χ0v) is 16.5. The molecule has 0 aliphatic carbocycles. The first-order valence-electron chi connectivity index (χ1n) is 9.82. The minimum absolute atomic E-state index is 0.353. The lowest BCUT2D eigenvalue weighted by atomic mass is 10.1. The van der Waals surface area contributed by atoms with E-state index in [-0.39, 0.29) is 5.82 Å². The van der Waals surface area contributed by atoms with Gasteiger partial charge in [0.2, 0.25) is 0 Å². The molecule has 5 heterocycles. The number of hydrogen-bond donors (Lipinski definition) is 3. The molecule has 4 N–H and O–H groups in total. The van der Waals surface area contributed by atoms with E-state index in [0.29, 0.717) is 39.7 Å². The van der Waals surface area contributed by atoms with E-state index in [0.717, 1.165) is 22.0 Å². The lowest BCUT2D eigenvalue weighted by molar-refractivity contribution is 0.631. The summed E-state index contributed by atoms with van der Waals surface area (Å²) in [5.41, 5.74) is 11.5. The summed E-state index contributed by atoms with van der Waals surface area (Å²) < 4.78 is 14.4. The van der Waals surface area contributed by atoms with Crippen LogP contribution in [0.25, 0.3) is 56.0 Å². The van der Waals surface area contributed by atoms with E-state index in [4.69, 9.17) is 10.7 Å². The number of halogens is 1. The van der Waals surface area contributed by atoms with Gasteiger partial charge in [0.1, 0.15) is 22.7 Å². The van der Waals surface area contributed by atoms with Gasteiger partial charge in [-0.05, 0) is 30.3 Å². The zero-order valence-electron chi connectivity index (χ0n) is 16.5. The number of nitrogens with zero attached hydrogens (tertiary/aromatic N) is 5. The molecule has 0 aliphatic rings. The molecule has 0 spiro atoms. The Balaban J connectivity index is 1.52. The van der Waals surface area contributed by atoms with Gasteiger partial charge in [0.15, 0.2) is 5.82 Å². The predicted octanol–water partition coefficient (Wildman–Crippen LogP) is 4.35. The highest BCUT2D eigenvalue weighted by molar-refractivity contribution is 5.96. The van der Waals surface area contributed by atoms with E-state index in [1.165, 1.54) is 6.07 Å². The van der Waals surface area contributed by atoms with E-state index in [2.05, 4.69) is 30.1 Å². The molecule has 6 rings (SSSR count). The number of nitrogens with one attached hydrogen (secondary N) is 2. The van der Waals surface area contributed by atoms with Crippen molar-refractivity contribution in [1.82, 2.24) is 35.1 Å².